The van der Waals surface area contributed by atoms with Gasteiger partial charge in [-0.25, -0.2) is 0 Å². The highest BCUT2D eigenvalue weighted by Crippen LogP contribution is 2.34. The number of hydrogen-bond acceptors (Lipinski definition) is 3. The van der Waals surface area contributed by atoms with E-state index in [0.29, 0.717) is 45.4 Å². The molecule has 1 aromatic carbocycles. The monoisotopic (exact) mass is 384 g/mol. The summed E-state index contributed by atoms with van der Waals surface area (Å²) in [5, 5.41) is 1.92. The number of unbranched alkanes of at least 4 members (excludes halogenated alkanes) is 1. The zero-order valence-corrected chi connectivity index (χ0v) is 16.8. The Bertz CT molecular complexity index is 823. The number of nitrogens with two attached hydrogens (primary N) is 1. The van der Waals surface area contributed by atoms with Crippen LogP contribution in [-0.2, 0) is 13.1 Å². The van der Waals surface area contributed by atoms with Gasteiger partial charge in [-0.1, -0.05) is 57.3 Å². The molecule has 0 unspecified atom stereocenters. The van der Waals surface area contributed by atoms with Gasteiger partial charge in [-0.2, -0.15) is 0 Å². The molecule has 1 aromatic heterocycles. The third kappa shape index (κ3) is 4.49. The summed E-state index contributed by atoms with van der Waals surface area (Å²) >= 11 is 12.3. The first-order valence-electron chi connectivity index (χ1n) is 8.57. The predicted molar refractivity (Wildman–Crippen MR) is 106 cm³/mol. The molecule has 0 atom stereocenters. The van der Waals surface area contributed by atoms with Crippen LogP contribution in [0.4, 0.5) is 0 Å². The minimum absolute atomic E-state index is 0.0850. The molecule has 138 valence electrons. The van der Waals surface area contributed by atoms with Crippen molar-refractivity contribution in [3.63, 3.8) is 0 Å². The molecule has 4 nitrogen and oxygen atoms in total. The third-order valence-corrected chi connectivity index (χ3v) is 4.66. The van der Waals surface area contributed by atoms with Crippen LogP contribution < -0.4 is 16.0 Å². The molecule has 25 heavy (non-hydrogen) atoms. The molecule has 2 N–H and O–H groups in total. The fourth-order valence-corrected chi connectivity index (χ4v) is 3.11. The second-order valence-corrected chi connectivity index (χ2v) is 8.26. The Labute approximate surface area is 158 Å². The van der Waals surface area contributed by atoms with Gasteiger partial charge in [0.2, 0.25) is 0 Å². The van der Waals surface area contributed by atoms with E-state index in [1.54, 1.807) is 16.7 Å². The van der Waals surface area contributed by atoms with Gasteiger partial charge in [-0.3, -0.25) is 4.79 Å². The molecule has 0 bridgehead atoms. The maximum atomic E-state index is 13.1. The van der Waals surface area contributed by atoms with Crippen LogP contribution in [0.2, 0.25) is 10.0 Å². The fraction of sp³-hybridized carbons (Fsp3) is 0.526. The lowest BCUT2D eigenvalue weighted by Crippen LogP contribution is -2.31. The second-order valence-electron chi connectivity index (χ2n) is 7.45. The van der Waals surface area contributed by atoms with E-state index in [0.717, 1.165) is 12.8 Å². The van der Waals surface area contributed by atoms with Gasteiger partial charge < -0.3 is 15.0 Å². The highest BCUT2D eigenvalue weighted by Gasteiger charge is 2.22. The van der Waals surface area contributed by atoms with Gasteiger partial charge in [0, 0.05) is 18.5 Å². The van der Waals surface area contributed by atoms with Crippen molar-refractivity contribution in [2.45, 2.75) is 53.6 Å². The standard InChI is InChI=1S/C19H26Cl2N2O2/c1-5-6-7-25-17-12-8-14(20)15(21)9-13(12)18(24)23(16(17)10-22)11-19(2,3)4/h8-9H,5-7,10-11,22H2,1-4H3. The summed E-state index contributed by atoms with van der Waals surface area (Å²) in [6.45, 7) is 9.65. The number of rotatable bonds is 6. The summed E-state index contributed by atoms with van der Waals surface area (Å²) in [5.74, 6) is 0.633. The molecule has 0 aliphatic heterocycles. The molecule has 0 saturated heterocycles. The number of nitrogens with zero attached hydrogens (tertiary/aromatic N) is 1. The Morgan fingerprint density at radius 3 is 2.28 bits per heavy atom. The molecule has 6 heteroatoms. The molecule has 0 spiro atoms. The lowest BCUT2D eigenvalue weighted by molar-refractivity contribution is 0.295. The van der Waals surface area contributed by atoms with Crippen LogP contribution >= 0.6 is 23.2 Å². The lowest BCUT2D eigenvalue weighted by Gasteiger charge is -2.25. The lowest BCUT2D eigenvalue weighted by atomic mass is 9.96. The minimum Gasteiger partial charge on any atom is -0.491 e. The maximum absolute atomic E-state index is 13.1. The zero-order valence-electron chi connectivity index (χ0n) is 15.3. The van der Waals surface area contributed by atoms with E-state index >= 15 is 0 Å². The molecule has 1 heterocycles. The summed E-state index contributed by atoms with van der Waals surface area (Å²) in [5.41, 5.74) is 6.50. The molecular formula is C19H26Cl2N2O2. The zero-order chi connectivity index (χ0) is 18.8. The van der Waals surface area contributed by atoms with E-state index in [1.165, 1.54) is 0 Å². The Kier molecular flexibility index (Phi) is 6.41. The first-order chi connectivity index (χ1) is 11.7. The molecule has 2 rings (SSSR count). The Morgan fingerprint density at radius 2 is 1.76 bits per heavy atom. The molecule has 0 aliphatic rings. The van der Waals surface area contributed by atoms with Gasteiger partial charge in [0.05, 0.1) is 27.7 Å². The van der Waals surface area contributed by atoms with Gasteiger partial charge in [0.25, 0.3) is 5.56 Å². The van der Waals surface area contributed by atoms with Crippen molar-refractivity contribution in [3.8, 4) is 5.75 Å². The Hall–Kier alpha value is -1.23. The summed E-state index contributed by atoms with van der Waals surface area (Å²) in [7, 11) is 0. The van der Waals surface area contributed by atoms with Gasteiger partial charge in [-0.15, -0.1) is 0 Å². The number of fused-ring (bicyclic) bond motifs is 1. The van der Waals surface area contributed by atoms with Crippen molar-refractivity contribution in [1.29, 1.82) is 0 Å². The van der Waals surface area contributed by atoms with Crippen LogP contribution in [0.3, 0.4) is 0 Å². The number of aromatic nitrogens is 1. The van der Waals surface area contributed by atoms with Crippen LogP contribution in [0.25, 0.3) is 10.8 Å². The van der Waals surface area contributed by atoms with Gasteiger partial charge in [0.15, 0.2) is 0 Å². The summed E-state index contributed by atoms with van der Waals surface area (Å²) in [6, 6.07) is 3.32. The topological polar surface area (TPSA) is 57.2 Å². The number of hydrogen-bond donors (Lipinski definition) is 1. The van der Waals surface area contributed by atoms with Crippen LogP contribution in [0.1, 0.15) is 46.2 Å². The van der Waals surface area contributed by atoms with E-state index in [9.17, 15) is 4.79 Å². The van der Waals surface area contributed by atoms with Crippen LogP contribution in [0, 0.1) is 5.41 Å². The number of benzene rings is 1. The number of ether oxygens (including phenoxy) is 1. The first-order valence-corrected chi connectivity index (χ1v) is 9.32. The molecule has 0 saturated carbocycles. The van der Waals surface area contributed by atoms with Crippen molar-refractivity contribution in [2.24, 2.45) is 11.1 Å². The van der Waals surface area contributed by atoms with E-state index in [2.05, 4.69) is 27.7 Å². The third-order valence-electron chi connectivity index (χ3n) is 3.94. The predicted octanol–water partition coefficient (Wildman–Crippen LogP) is 4.99. The average Bonchev–Trinajstić information content (AvgIpc) is 2.52. The Morgan fingerprint density at radius 1 is 1.16 bits per heavy atom. The molecule has 0 aliphatic carbocycles. The average molecular weight is 385 g/mol. The normalized spacial score (nSPS) is 12.0. The van der Waals surface area contributed by atoms with Crippen molar-refractivity contribution < 1.29 is 4.74 Å². The summed E-state index contributed by atoms with van der Waals surface area (Å²) < 4.78 is 7.76. The maximum Gasteiger partial charge on any atom is 0.258 e. The second kappa shape index (κ2) is 7.98. The molecule has 2 aromatic rings. The number of pyridine rings is 1. The van der Waals surface area contributed by atoms with E-state index < -0.39 is 0 Å². The number of halogens is 2. The van der Waals surface area contributed by atoms with Crippen LogP contribution in [0.5, 0.6) is 5.75 Å². The van der Waals surface area contributed by atoms with Crippen molar-refractivity contribution >= 4 is 34.0 Å². The smallest absolute Gasteiger partial charge is 0.258 e. The van der Waals surface area contributed by atoms with Gasteiger partial charge in [-0.05, 0) is 24.0 Å². The fourth-order valence-electron chi connectivity index (χ4n) is 2.78. The minimum atomic E-state index is -0.119. The quantitative estimate of drug-likeness (QED) is 0.713. The molecule has 0 amide bonds. The molecule has 0 radical (unpaired) electrons. The summed E-state index contributed by atoms with van der Waals surface area (Å²) in [4.78, 5) is 13.1. The highest BCUT2D eigenvalue weighted by atomic mass is 35.5. The Balaban J connectivity index is 2.80. The highest BCUT2D eigenvalue weighted by molar-refractivity contribution is 6.42. The molecular weight excluding hydrogens is 359 g/mol. The first kappa shape index (κ1) is 20.1. The van der Waals surface area contributed by atoms with Crippen molar-refractivity contribution in [1.82, 2.24) is 4.57 Å². The molecule has 0 fully saturated rings. The van der Waals surface area contributed by atoms with Crippen molar-refractivity contribution in [3.05, 3.63) is 38.2 Å². The summed E-state index contributed by atoms with van der Waals surface area (Å²) in [6.07, 6.45) is 1.94. The van der Waals surface area contributed by atoms with Crippen LogP contribution in [0.15, 0.2) is 16.9 Å². The largest absolute Gasteiger partial charge is 0.491 e. The van der Waals surface area contributed by atoms with E-state index in [-0.39, 0.29) is 17.5 Å². The van der Waals surface area contributed by atoms with Crippen LogP contribution in [-0.4, -0.2) is 11.2 Å². The van der Waals surface area contributed by atoms with Gasteiger partial charge in [0.1, 0.15) is 5.75 Å². The van der Waals surface area contributed by atoms with Gasteiger partial charge >= 0.3 is 0 Å². The van der Waals surface area contributed by atoms with E-state index in [1.807, 2.05) is 0 Å². The SMILES string of the molecule is CCCCOc1c(CN)n(CC(C)(C)C)c(=O)c2cc(Cl)c(Cl)cc12. The van der Waals surface area contributed by atoms with Crippen molar-refractivity contribution in [2.75, 3.05) is 6.61 Å². The van der Waals surface area contributed by atoms with E-state index in [4.69, 9.17) is 33.7 Å².